The topological polar surface area (TPSA) is 164 Å². The molecule has 13 heteroatoms. The zero-order chi connectivity index (χ0) is 35.4. The smallest absolute Gasteiger partial charge is 0.336 e. The van der Waals surface area contributed by atoms with Crippen molar-refractivity contribution >= 4 is 17.5 Å². The summed E-state index contributed by atoms with van der Waals surface area (Å²) in [6, 6.07) is 0. The Morgan fingerprint density at radius 2 is 1.27 bits per heavy atom. The average molecular weight is 712 g/mol. The summed E-state index contributed by atoms with van der Waals surface area (Å²) < 4.78 is 24.7. The van der Waals surface area contributed by atoms with Gasteiger partial charge in [-0.25, -0.2) is 28.1 Å². The Morgan fingerprint density at radius 3 is 1.88 bits per heavy atom. The number of rotatable bonds is 9. The van der Waals surface area contributed by atoms with Crippen molar-refractivity contribution in [1.82, 2.24) is 13.7 Å². The number of carbonyl (C=O) groups is 3. The van der Waals surface area contributed by atoms with Crippen LogP contribution in [0.2, 0.25) is 0 Å². The zero-order valence-corrected chi connectivity index (χ0v) is 29.8. The molecule has 6 saturated carbocycles. The van der Waals surface area contributed by atoms with Crippen molar-refractivity contribution in [3.05, 3.63) is 31.5 Å². The van der Waals surface area contributed by atoms with Gasteiger partial charge in [-0.3, -0.25) is 14.4 Å². The molecular formula is C38H53N3O10. The molecule has 0 radical (unpaired) electrons. The lowest BCUT2D eigenvalue weighted by Gasteiger charge is -2.27. The Bertz CT molecular complexity index is 1550. The van der Waals surface area contributed by atoms with Gasteiger partial charge in [0.05, 0.1) is 69.7 Å². The summed E-state index contributed by atoms with van der Waals surface area (Å²) >= 11 is 0. The van der Waals surface area contributed by atoms with Gasteiger partial charge in [-0.2, -0.15) is 0 Å². The Balaban J connectivity index is 0.000000114. The molecule has 9 fully saturated rings. The number of esters is 1. The van der Waals surface area contributed by atoms with E-state index in [1.165, 1.54) is 30.3 Å². The molecule has 4 heterocycles. The summed E-state index contributed by atoms with van der Waals surface area (Å²) in [5.74, 6) is 4.43. The van der Waals surface area contributed by atoms with Gasteiger partial charge in [-0.15, -0.1) is 0 Å². The van der Waals surface area contributed by atoms with Gasteiger partial charge >= 0.3 is 23.0 Å². The fourth-order valence-corrected chi connectivity index (χ4v) is 9.06. The SMILES string of the molecule is CC1CCC2C(=O)CC(=O)C2C1.O=C(OCC1CCC2CC2C1)C1CCC2OC2C1.O=c1n(CC2CC2)c(=O)n(CC2CO2)c(=O)n1CC1CO1. The predicted molar refractivity (Wildman–Crippen MR) is 182 cm³/mol. The molecule has 0 spiro atoms. The highest BCUT2D eigenvalue weighted by molar-refractivity contribution is 6.08. The number of hydrogen-bond donors (Lipinski definition) is 0. The first-order chi connectivity index (χ1) is 24.6. The van der Waals surface area contributed by atoms with Crippen LogP contribution in [0.4, 0.5) is 0 Å². The molecule has 0 aromatic carbocycles. The summed E-state index contributed by atoms with van der Waals surface area (Å²) in [4.78, 5) is 71.9. The first-order valence-electron chi connectivity index (χ1n) is 19.7. The summed E-state index contributed by atoms with van der Waals surface area (Å²) in [5, 5.41) is 0. The van der Waals surface area contributed by atoms with Gasteiger partial charge < -0.3 is 18.9 Å². The maximum atomic E-state index is 12.4. The average Bonchev–Trinajstić information content (AvgIpc) is 3.89. The van der Waals surface area contributed by atoms with E-state index in [1.807, 2.05) is 0 Å². The predicted octanol–water partition coefficient (Wildman–Crippen LogP) is 2.49. The fourth-order valence-electron chi connectivity index (χ4n) is 9.06. The van der Waals surface area contributed by atoms with E-state index in [0.717, 1.165) is 72.3 Å². The molecule has 1 aromatic rings. The van der Waals surface area contributed by atoms with Crippen molar-refractivity contribution in [1.29, 1.82) is 0 Å². The largest absolute Gasteiger partial charge is 0.465 e. The molecule has 11 unspecified atom stereocenters. The maximum absolute atomic E-state index is 12.4. The van der Waals surface area contributed by atoms with Crippen LogP contribution in [-0.4, -0.2) is 75.5 Å². The number of fused-ring (bicyclic) bond motifs is 3. The van der Waals surface area contributed by atoms with Crippen molar-refractivity contribution < 1.29 is 33.3 Å². The lowest BCUT2D eigenvalue weighted by molar-refractivity contribution is -0.151. The van der Waals surface area contributed by atoms with Crippen molar-refractivity contribution in [3.63, 3.8) is 0 Å². The maximum Gasteiger partial charge on any atom is 0.336 e. The number of epoxide rings is 3. The monoisotopic (exact) mass is 711 g/mol. The van der Waals surface area contributed by atoms with Gasteiger partial charge in [0.25, 0.3) is 0 Å². The van der Waals surface area contributed by atoms with Crippen LogP contribution in [0.15, 0.2) is 14.4 Å². The normalized spacial score (nSPS) is 38.1. The number of hydrogen-bond acceptors (Lipinski definition) is 10. The van der Waals surface area contributed by atoms with Crippen LogP contribution in [0.25, 0.3) is 0 Å². The molecular weight excluding hydrogens is 658 g/mol. The van der Waals surface area contributed by atoms with Gasteiger partial charge in [0.1, 0.15) is 11.6 Å². The van der Waals surface area contributed by atoms with Crippen molar-refractivity contribution in [3.8, 4) is 0 Å². The van der Waals surface area contributed by atoms with Crippen molar-refractivity contribution in [2.75, 3.05) is 19.8 Å². The highest BCUT2D eigenvalue weighted by atomic mass is 16.6. The second-order valence-electron chi connectivity index (χ2n) is 17.1. The molecule has 3 saturated heterocycles. The number of Topliss-reactive ketones (excluding diaryl/α,β-unsaturated/α-hetero) is 2. The highest BCUT2D eigenvalue weighted by Crippen LogP contribution is 2.51. The summed E-state index contributed by atoms with van der Waals surface area (Å²) in [5.41, 5.74) is -1.58. The molecule has 280 valence electrons. The Morgan fingerprint density at radius 1 is 0.647 bits per heavy atom. The molecule has 11 atom stereocenters. The van der Waals surface area contributed by atoms with E-state index in [2.05, 4.69) is 6.92 Å². The van der Waals surface area contributed by atoms with Gasteiger partial charge in [0, 0.05) is 18.4 Å². The molecule has 0 N–H and O–H groups in total. The third-order valence-electron chi connectivity index (χ3n) is 12.8. The number of carbonyl (C=O) groups excluding carboxylic acids is 3. The highest BCUT2D eigenvalue weighted by Gasteiger charge is 2.47. The molecule has 0 bridgehead atoms. The Hall–Kier alpha value is -2.90. The standard InChI is InChI=1S/C15H22O3.C13H17N3O5.C10H14O2/c16-15(11-3-4-13-14(7-11)18-13)17-8-9-1-2-10-6-12(10)5-9;17-11-14(3-8-1-2-8)12(18)16(5-10-7-21-10)13(19)15(11)4-9-6-20-9;1-6-2-3-7-8(4-6)10(12)5-9(7)11/h9-14H,1-8H2;8-10H,1-7H2;6-8H,2-5H2,1H3. The molecule has 51 heavy (non-hydrogen) atoms. The van der Waals surface area contributed by atoms with E-state index in [1.54, 1.807) is 0 Å². The summed E-state index contributed by atoms with van der Waals surface area (Å²) in [6.45, 7) is 4.79. The molecule has 6 aliphatic carbocycles. The molecule has 3 aliphatic heterocycles. The van der Waals surface area contributed by atoms with Gasteiger partial charge in [0.15, 0.2) is 0 Å². The second kappa shape index (κ2) is 14.5. The van der Waals surface area contributed by atoms with Crippen LogP contribution in [0.1, 0.15) is 90.4 Å². The number of ketones is 2. The molecule has 0 amide bonds. The first kappa shape index (κ1) is 35.1. The zero-order valence-electron chi connectivity index (χ0n) is 29.8. The third-order valence-corrected chi connectivity index (χ3v) is 12.8. The first-order valence-corrected chi connectivity index (χ1v) is 19.7. The van der Waals surface area contributed by atoms with Gasteiger partial charge in [0.2, 0.25) is 0 Å². The molecule has 10 rings (SSSR count). The fraction of sp³-hybridized carbons (Fsp3) is 0.842. The number of ether oxygens (including phenoxy) is 4. The lowest BCUT2D eigenvalue weighted by atomic mass is 9.76. The van der Waals surface area contributed by atoms with Crippen LogP contribution >= 0.6 is 0 Å². The minimum Gasteiger partial charge on any atom is -0.465 e. The van der Waals surface area contributed by atoms with Crippen LogP contribution in [0.3, 0.4) is 0 Å². The van der Waals surface area contributed by atoms with E-state index < -0.39 is 17.1 Å². The molecule has 9 aliphatic rings. The minimum absolute atomic E-state index is 0.0434. The van der Waals surface area contributed by atoms with E-state index in [9.17, 15) is 28.8 Å². The lowest BCUT2D eigenvalue weighted by Crippen LogP contribution is -2.55. The Kier molecular flexibility index (Phi) is 9.99. The van der Waals surface area contributed by atoms with Crippen LogP contribution in [-0.2, 0) is 53.0 Å². The van der Waals surface area contributed by atoms with Gasteiger partial charge in [-0.1, -0.05) is 6.92 Å². The van der Waals surface area contributed by atoms with Crippen molar-refractivity contribution in [2.24, 2.45) is 47.3 Å². The molecule has 13 nitrogen and oxygen atoms in total. The quantitative estimate of drug-likeness (QED) is 0.211. The van der Waals surface area contributed by atoms with E-state index in [-0.39, 0.29) is 67.0 Å². The number of aromatic nitrogens is 3. The van der Waals surface area contributed by atoms with Crippen LogP contribution in [0.5, 0.6) is 0 Å². The minimum atomic E-state index is -0.553. The summed E-state index contributed by atoms with van der Waals surface area (Å²) in [6.07, 6.45) is 14.3. The van der Waals surface area contributed by atoms with Crippen LogP contribution < -0.4 is 17.1 Å². The second-order valence-corrected chi connectivity index (χ2v) is 17.1. The van der Waals surface area contributed by atoms with E-state index >= 15 is 0 Å². The summed E-state index contributed by atoms with van der Waals surface area (Å²) in [7, 11) is 0. The molecule has 1 aromatic heterocycles. The van der Waals surface area contributed by atoms with E-state index in [0.29, 0.717) is 56.3 Å². The number of nitrogens with zero attached hydrogens (tertiary/aromatic N) is 3. The third kappa shape index (κ3) is 8.51. The van der Waals surface area contributed by atoms with Crippen LogP contribution in [0, 0.1) is 47.3 Å². The Labute approximate surface area is 297 Å². The van der Waals surface area contributed by atoms with E-state index in [4.69, 9.17) is 18.9 Å². The van der Waals surface area contributed by atoms with Crippen molar-refractivity contribution in [2.45, 2.75) is 134 Å². The van der Waals surface area contributed by atoms with Gasteiger partial charge in [-0.05, 0) is 107 Å².